The lowest BCUT2D eigenvalue weighted by molar-refractivity contribution is 0.0930. The molecule has 0 spiro atoms. The van der Waals surface area contributed by atoms with Crippen LogP contribution >= 0.6 is 12.4 Å². The van der Waals surface area contributed by atoms with Crippen molar-refractivity contribution in [2.24, 2.45) is 0 Å². The lowest BCUT2D eigenvalue weighted by Crippen LogP contribution is -2.45. The smallest absolute Gasteiger partial charge is 0.251 e. The highest BCUT2D eigenvalue weighted by Crippen LogP contribution is 2.28. The molecule has 2 N–H and O–H groups in total. The summed E-state index contributed by atoms with van der Waals surface area (Å²) in [6.45, 7) is 7.13. The van der Waals surface area contributed by atoms with Crippen molar-refractivity contribution in [3.8, 4) is 11.5 Å². The summed E-state index contributed by atoms with van der Waals surface area (Å²) in [5.41, 5.74) is 0.613. The summed E-state index contributed by atoms with van der Waals surface area (Å²) in [4.78, 5) is 12.4. The monoisotopic (exact) mass is 356 g/mol. The maximum absolute atomic E-state index is 12.4. The zero-order valence-corrected chi connectivity index (χ0v) is 15.4. The minimum Gasteiger partial charge on any atom is -0.490 e. The fourth-order valence-electron chi connectivity index (χ4n) is 2.61. The first kappa shape index (κ1) is 20.6. The Balaban J connectivity index is 0.00000288. The van der Waals surface area contributed by atoms with Crippen LogP contribution < -0.4 is 20.1 Å². The fourth-order valence-corrected chi connectivity index (χ4v) is 2.61. The Morgan fingerprint density at radius 2 is 2.12 bits per heavy atom. The van der Waals surface area contributed by atoms with E-state index in [1.807, 2.05) is 13.0 Å². The Morgan fingerprint density at radius 3 is 2.79 bits per heavy atom. The molecule has 6 heteroatoms. The second-order valence-electron chi connectivity index (χ2n) is 5.81. The molecule has 0 bridgehead atoms. The second-order valence-corrected chi connectivity index (χ2v) is 5.81. The molecule has 0 radical (unpaired) electrons. The van der Waals surface area contributed by atoms with Crippen LogP contribution in [-0.2, 0) is 0 Å². The third-order valence-electron chi connectivity index (χ3n) is 3.89. The number of halogens is 1. The molecule has 2 rings (SSSR count). The van der Waals surface area contributed by atoms with Crippen molar-refractivity contribution in [3.63, 3.8) is 0 Å². The molecule has 1 saturated heterocycles. The van der Waals surface area contributed by atoms with Gasteiger partial charge in [0, 0.05) is 18.2 Å². The van der Waals surface area contributed by atoms with Gasteiger partial charge in [-0.3, -0.25) is 4.79 Å². The SMILES string of the molecule is CCCCOc1ccc(C(=O)NC2CCCNC2)cc1OCC.Cl. The van der Waals surface area contributed by atoms with E-state index >= 15 is 0 Å². The number of nitrogens with one attached hydrogen (secondary N) is 2. The summed E-state index contributed by atoms with van der Waals surface area (Å²) in [7, 11) is 0. The quantitative estimate of drug-likeness (QED) is 0.702. The van der Waals surface area contributed by atoms with Gasteiger partial charge < -0.3 is 20.1 Å². The van der Waals surface area contributed by atoms with Gasteiger partial charge in [0.05, 0.1) is 13.2 Å². The topological polar surface area (TPSA) is 59.6 Å². The largest absolute Gasteiger partial charge is 0.490 e. The Hall–Kier alpha value is -1.46. The summed E-state index contributed by atoms with van der Waals surface area (Å²) in [6, 6.07) is 5.60. The number of carbonyl (C=O) groups excluding carboxylic acids is 1. The van der Waals surface area contributed by atoms with Crippen LogP contribution in [-0.4, -0.2) is 38.3 Å². The van der Waals surface area contributed by atoms with Crippen LogP contribution in [0.2, 0.25) is 0 Å². The number of rotatable bonds is 8. The molecule has 0 aromatic heterocycles. The maximum Gasteiger partial charge on any atom is 0.251 e. The average molecular weight is 357 g/mol. The van der Waals surface area contributed by atoms with Gasteiger partial charge in [0.25, 0.3) is 5.91 Å². The van der Waals surface area contributed by atoms with Crippen molar-refractivity contribution < 1.29 is 14.3 Å². The molecular weight excluding hydrogens is 328 g/mol. The van der Waals surface area contributed by atoms with Crippen LogP contribution in [0.25, 0.3) is 0 Å². The molecule has 5 nitrogen and oxygen atoms in total. The van der Waals surface area contributed by atoms with Gasteiger partial charge in [0.2, 0.25) is 0 Å². The lowest BCUT2D eigenvalue weighted by Gasteiger charge is -2.24. The molecule has 0 aliphatic carbocycles. The Kier molecular flexibility index (Phi) is 9.57. The first-order valence-corrected chi connectivity index (χ1v) is 8.65. The van der Waals surface area contributed by atoms with Crippen molar-refractivity contribution in [1.82, 2.24) is 10.6 Å². The number of ether oxygens (including phenoxy) is 2. The van der Waals surface area contributed by atoms with Gasteiger partial charge in [0.15, 0.2) is 11.5 Å². The van der Waals surface area contributed by atoms with Gasteiger partial charge in [-0.1, -0.05) is 13.3 Å². The van der Waals surface area contributed by atoms with Crippen molar-refractivity contribution >= 4 is 18.3 Å². The molecule has 1 atom stereocenters. The Morgan fingerprint density at radius 1 is 1.29 bits per heavy atom. The van der Waals surface area contributed by atoms with Crippen LogP contribution in [0, 0.1) is 0 Å². The molecule has 1 aliphatic rings. The zero-order chi connectivity index (χ0) is 16.5. The van der Waals surface area contributed by atoms with E-state index in [1.54, 1.807) is 12.1 Å². The van der Waals surface area contributed by atoms with Gasteiger partial charge in [-0.2, -0.15) is 0 Å². The van der Waals surface area contributed by atoms with Gasteiger partial charge >= 0.3 is 0 Å². The van der Waals surface area contributed by atoms with E-state index in [1.165, 1.54) is 0 Å². The molecule has 1 heterocycles. The number of hydrogen-bond donors (Lipinski definition) is 2. The second kappa shape index (κ2) is 11.2. The molecule has 0 saturated carbocycles. The van der Waals surface area contributed by atoms with E-state index in [-0.39, 0.29) is 24.4 Å². The Labute approximate surface area is 150 Å². The van der Waals surface area contributed by atoms with Crippen LogP contribution in [0.15, 0.2) is 18.2 Å². The molecule has 1 aliphatic heterocycles. The summed E-state index contributed by atoms with van der Waals surface area (Å²) in [5, 5.41) is 6.38. The summed E-state index contributed by atoms with van der Waals surface area (Å²) >= 11 is 0. The van der Waals surface area contributed by atoms with E-state index < -0.39 is 0 Å². The number of unbranched alkanes of at least 4 members (excludes halogenated alkanes) is 1. The lowest BCUT2D eigenvalue weighted by atomic mass is 10.1. The van der Waals surface area contributed by atoms with Crippen LogP contribution in [0.5, 0.6) is 11.5 Å². The van der Waals surface area contributed by atoms with E-state index in [9.17, 15) is 4.79 Å². The van der Waals surface area contributed by atoms with Crippen molar-refractivity contribution in [1.29, 1.82) is 0 Å². The van der Waals surface area contributed by atoms with Gasteiger partial charge in [-0.15, -0.1) is 12.4 Å². The highest BCUT2D eigenvalue weighted by Gasteiger charge is 2.17. The highest BCUT2D eigenvalue weighted by atomic mass is 35.5. The molecule has 1 fully saturated rings. The first-order valence-electron chi connectivity index (χ1n) is 8.65. The number of piperidine rings is 1. The normalized spacial score (nSPS) is 16.8. The predicted molar refractivity (Wildman–Crippen MR) is 98.6 cm³/mol. The molecule has 24 heavy (non-hydrogen) atoms. The Bertz CT molecular complexity index is 505. The zero-order valence-electron chi connectivity index (χ0n) is 14.6. The molecule has 136 valence electrons. The number of benzene rings is 1. The first-order chi connectivity index (χ1) is 11.2. The van der Waals surface area contributed by atoms with Gasteiger partial charge in [-0.05, 0) is 50.9 Å². The van der Waals surface area contributed by atoms with Crippen molar-refractivity contribution in [2.75, 3.05) is 26.3 Å². The summed E-state index contributed by atoms with van der Waals surface area (Å²) < 4.78 is 11.4. The van der Waals surface area contributed by atoms with Crippen LogP contribution in [0.3, 0.4) is 0 Å². The molecule has 1 unspecified atom stereocenters. The molecule has 1 aromatic rings. The highest BCUT2D eigenvalue weighted by molar-refractivity contribution is 5.95. The van der Waals surface area contributed by atoms with Crippen LogP contribution in [0.4, 0.5) is 0 Å². The standard InChI is InChI=1S/C18H28N2O3.ClH/c1-3-5-11-23-16-9-8-14(12-17(16)22-4-2)18(21)20-15-7-6-10-19-13-15;/h8-9,12,15,19H,3-7,10-11,13H2,1-2H3,(H,20,21);1H. The molecule has 1 amide bonds. The van der Waals surface area contributed by atoms with E-state index in [0.29, 0.717) is 30.3 Å². The third kappa shape index (κ3) is 6.21. The van der Waals surface area contributed by atoms with Gasteiger partial charge in [0.1, 0.15) is 0 Å². The van der Waals surface area contributed by atoms with Crippen molar-refractivity contribution in [2.45, 2.75) is 45.6 Å². The summed E-state index contributed by atoms with van der Waals surface area (Å²) in [5.74, 6) is 1.29. The number of carbonyl (C=O) groups is 1. The maximum atomic E-state index is 12.4. The minimum atomic E-state index is -0.0558. The number of hydrogen-bond acceptors (Lipinski definition) is 4. The van der Waals surface area contributed by atoms with E-state index in [0.717, 1.165) is 38.8 Å². The summed E-state index contributed by atoms with van der Waals surface area (Å²) in [6.07, 6.45) is 4.21. The third-order valence-corrected chi connectivity index (χ3v) is 3.89. The fraction of sp³-hybridized carbons (Fsp3) is 0.611. The number of amides is 1. The minimum absolute atomic E-state index is 0. The molecule has 1 aromatic carbocycles. The van der Waals surface area contributed by atoms with Gasteiger partial charge in [-0.25, -0.2) is 0 Å². The average Bonchev–Trinajstić information content (AvgIpc) is 2.57. The molecular formula is C18H29ClN2O3. The predicted octanol–water partition coefficient (Wildman–Crippen LogP) is 3.17. The van der Waals surface area contributed by atoms with Crippen LogP contribution in [0.1, 0.15) is 49.9 Å². The van der Waals surface area contributed by atoms with Crippen molar-refractivity contribution in [3.05, 3.63) is 23.8 Å². The van der Waals surface area contributed by atoms with E-state index in [2.05, 4.69) is 17.6 Å². The van der Waals surface area contributed by atoms with E-state index in [4.69, 9.17) is 9.47 Å².